The third kappa shape index (κ3) is 4.33. The van der Waals surface area contributed by atoms with E-state index in [4.69, 9.17) is 9.47 Å². The Morgan fingerprint density at radius 1 is 1.27 bits per heavy atom. The van der Waals surface area contributed by atoms with Gasteiger partial charge in [0.15, 0.2) is 5.96 Å². The Bertz CT molecular complexity index is 360. The highest BCUT2D eigenvalue weighted by molar-refractivity contribution is 5.79. The van der Waals surface area contributed by atoms with Gasteiger partial charge in [0.05, 0.1) is 31.8 Å². The third-order valence-corrected chi connectivity index (χ3v) is 4.95. The Morgan fingerprint density at radius 3 is 2.50 bits per heavy atom. The molecule has 1 aliphatic heterocycles. The Balaban J connectivity index is 1.85. The number of methoxy groups -OCH3 is 1. The largest absolute Gasteiger partial charge is 0.396 e. The van der Waals surface area contributed by atoms with Crippen LogP contribution in [-0.2, 0) is 9.47 Å². The molecule has 6 heteroatoms. The molecule has 0 radical (unpaired) electrons. The van der Waals surface area contributed by atoms with Crippen molar-refractivity contribution < 1.29 is 14.6 Å². The topological polar surface area (TPSA) is 75.1 Å². The zero-order chi connectivity index (χ0) is 15.9. The minimum Gasteiger partial charge on any atom is -0.396 e. The van der Waals surface area contributed by atoms with Gasteiger partial charge in [-0.05, 0) is 31.6 Å². The van der Waals surface area contributed by atoms with Gasteiger partial charge in [-0.2, -0.15) is 0 Å². The van der Waals surface area contributed by atoms with E-state index in [9.17, 15) is 5.11 Å². The fourth-order valence-electron chi connectivity index (χ4n) is 2.99. The molecule has 1 aliphatic carbocycles. The average molecular weight is 313 g/mol. The Morgan fingerprint density at radius 2 is 2.05 bits per heavy atom. The molecule has 2 rings (SSSR count). The van der Waals surface area contributed by atoms with E-state index in [2.05, 4.69) is 22.5 Å². The van der Waals surface area contributed by atoms with Gasteiger partial charge in [-0.25, -0.2) is 0 Å². The molecule has 1 saturated carbocycles. The van der Waals surface area contributed by atoms with Crippen LogP contribution in [0.25, 0.3) is 0 Å². The molecule has 3 N–H and O–H groups in total. The molecule has 0 unspecified atom stereocenters. The predicted octanol–water partition coefficient (Wildman–Crippen LogP) is 0.757. The van der Waals surface area contributed by atoms with Crippen LogP contribution in [0.2, 0.25) is 0 Å². The molecule has 22 heavy (non-hydrogen) atoms. The molecule has 0 aromatic rings. The molecule has 0 amide bonds. The van der Waals surface area contributed by atoms with E-state index in [0.717, 1.165) is 32.1 Å². The van der Waals surface area contributed by atoms with Crippen molar-refractivity contribution in [3.8, 4) is 0 Å². The van der Waals surface area contributed by atoms with Crippen molar-refractivity contribution >= 4 is 5.96 Å². The molecule has 1 saturated heterocycles. The summed E-state index contributed by atoms with van der Waals surface area (Å²) in [6, 6.07) is 0. The lowest BCUT2D eigenvalue weighted by atomic mass is 9.67. The highest BCUT2D eigenvalue weighted by Crippen LogP contribution is 2.43. The molecule has 0 spiro atoms. The second kappa shape index (κ2) is 8.13. The van der Waals surface area contributed by atoms with Gasteiger partial charge in [0.2, 0.25) is 0 Å². The van der Waals surface area contributed by atoms with Crippen LogP contribution >= 0.6 is 0 Å². The van der Waals surface area contributed by atoms with Gasteiger partial charge < -0.3 is 25.2 Å². The van der Waals surface area contributed by atoms with Crippen molar-refractivity contribution in [2.45, 2.75) is 32.6 Å². The summed E-state index contributed by atoms with van der Waals surface area (Å²) < 4.78 is 10.5. The standard InChI is InChI=1S/C16H31N3O3/c1-3-17-14(19-10-16(11-20)12-22-13-16)18-9-15(5-4-6-15)7-8-21-2/h20H,3-13H2,1-2H3,(H2,17,18,19). The summed E-state index contributed by atoms with van der Waals surface area (Å²) >= 11 is 0. The number of rotatable bonds is 9. The van der Waals surface area contributed by atoms with Crippen molar-refractivity contribution in [2.24, 2.45) is 15.8 Å². The van der Waals surface area contributed by atoms with Crippen LogP contribution in [0.5, 0.6) is 0 Å². The summed E-state index contributed by atoms with van der Waals surface area (Å²) in [6.45, 7) is 6.59. The first-order valence-electron chi connectivity index (χ1n) is 8.37. The van der Waals surface area contributed by atoms with Crippen molar-refractivity contribution in [1.29, 1.82) is 0 Å². The number of aliphatic imine (C=N–C) groups is 1. The maximum absolute atomic E-state index is 9.48. The zero-order valence-electron chi connectivity index (χ0n) is 14.0. The van der Waals surface area contributed by atoms with Gasteiger partial charge in [0.25, 0.3) is 0 Å². The van der Waals surface area contributed by atoms with Crippen LogP contribution in [0.4, 0.5) is 0 Å². The number of nitrogens with zero attached hydrogens (tertiary/aromatic N) is 1. The lowest BCUT2D eigenvalue weighted by Gasteiger charge is -2.42. The fraction of sp³-hybridized carbons (Fsp3) is 0.938. The third-order valence-electron chi connectivity index (χ3n) is 4.95. The molecule has 0 aromatic carbocycles. The lowest BCUT2D eigenvalue weighted by Crippen LogP contribution is -2.50. The minimum atomic E-state index is -0.174. The number of hydrogen-bond acceptors (Lipinski definition) is 4. The summed E-state index contributed by atoms with van der Waals surface area (Å²) in [5.41, 5.74) is 0.188. The van der Waals surface area contributed by atoms with Gasteiger partial charge in [0, 0.05) is 26.8 Å². The SMILES string of the molecule is CCNC(=NCC1(CO)COC1)NCC1(CCOC)CCC1. The molecule has 6 nitrogen and oxygen atoms in total. The van der Waals surface area contributed by atoms with E-state index in [-0.39, 0.29) is 12.0 Å². The van der Waals surface area contributed by atoms with Crippen LogP contribution in [0.1, 0.15) is 32.6 Å². The molecule has 0 aromatic heterocycles. The van der Waals surface area contributed by atoms with Crippen LogP contribution in [0, 0.1) is 10.8 Å². The van der Waals surface area contributed by atoms with Crippen LogP contribution in [0.3, 0.4) is 0 Å². The van der Waals surface area contributed by atoms with E-state index >= 15 is 0 Å². The van der Waals surface area contributed by atoms with Gasteiger partial charge >= 0.3 is 0 Å². The predicted molar refractivity (Wildman–Crippen MR) is 87.1 cm³/mol. The molecule has 2 aliphatic rings. The van der Waals surface area contributed by atoms with Crippen molar-refractivity contribution in [3.63, 3.8) is 0 Å². The van der Waals surface area contributed by atoms with E-state index in [1.807, 2.05) is 0 Å². The summed E-state index contributed by atoms with van der Waals surface area (Å²) in [5.74, 6) is 0.839. The van der Waals surface area contributed by atoms with Gasteiger partial charge in [-0.1, -0.05) is 6.42 Å². The monoisotopic (exact) mass is 313 g/mol. The first kappa shape index (κ1) is 17.5. The Kier molecular flexibility index (Phi) is 6.47. The maximum Gasteiger partial charge on any atom is 0.191 e. The first-order chi connectivity index (χ1) is 10.7. The smallest absolute Gasteiger partial charge is 0.191 e. The van der Waals surface area contributed by atoms with E-state index < -0.39 is 0 Å². The molecule has 128 valence electrons. The Labute approximate surface area is 133 Å². The zero-order valence-corrected chi connectivity index (χ0v) is 14.0. The molecule has 0 atom stereocenters. The highest BCUT2D eigenvalue weighted by Gasteiger charge is 2.38. The van der Waals surface area contributed by atoms with Gasteiger partial charge in [-0.15, -0.1) is 0 Å². The van der Waals surface area contributed by atoms with E-state index in [1.54, 1.807) is 7.11 Å². The number of aliphatic hydroxyl groups excluding tert-OH is 1. The van der Waals surface area contributed by atoms with Crippen LogP contribution in [0.15, 0.2) is 4.99 Å². The first-order valence-corrected chi connectivity index (χ1v) is 8.37. The van der Waals surface area contributed by atoms with Crippen LogP contribution < -0.4 is 10.6 Å². The molecule has 2 fully saturated rings. The molecule has 0 bridgehead atoms. The summed E-state index contributed by atoms with van der Waals surface area (Å²) in [6.07, 6.45) is 4.93. The number of nitrogens with one attached hydrogen (secondary N) is 2. The van der Waals surface area contributed by atoms with E-state index in [0.29, 0.717) is 25.2 Å². The van der Waals surface area contributed by atoms with Crippen LogP contribution in [-0.4, -0.2) is 64.2 Å². The number of guanidine groups is 1. The van der Waals surface area contributed by atoms with Crippen molar-refractivity contribution in [3.05, 3.63) is 0 Å². The number of aliphatic hydroxyl groups is 1. The van der Waals surface area contributed by atoms with Crippen molar-refractivity contribution in [2.75, 3.05) is 53.2 Å². The number of hydrogen-bond donors (Lipinski definition) is 3. The van der Waals surface area contributed by atoms with Gasteiger partial charge in [0.1, 0.15) is 0 Å². The highest BCUT2D eigenvalue weighted by atomic mass is 16.5. The minimum absolute atomic E-state index is 0.133. The van der Waals surface area contributed by atoms with Gasteiger partial charge in [-0.3, -0.25) is 4.99 Å². The normalized spacial score (nSPS) is 22.6. The average Bonchev–Trinajstić information content (AvgIpc) is 2.45. The second-order valence-electron chi connectivity index (χ2n) is 6.80. The summed E-state index contributed by atoms with van der Waals surface area (Å²) in [7, 11) is 1.76. The summed E-state index contributed by atoms with van der Waals surface area (Å²) in [4.78, 5) is 4.64. The Hall–Kier alpha value is -0.850. The maximum atomic E-state index is 9.48. The lowest BCUT2D eigenvalue weighted by molar-refractivity contribution is -0.130. The van der Waals surface area contributed by atoms with Crippen molar-refractivity contribution in [1.82, 2.24) is 10.6 Å². The molecule has 1 heterocycles. The summed E-state index contributed by atoms with van der Waals surface area (Å²) in [5, 5.41) is 16.2. The second-order valence-corrected chi connectivity index (χ2v) is 6.80. The van der Waals surface area contributed by atoms with E-state index in [1.165, 1.54) is 19.3 Å². The fourth-order valence-corrected chi connectivity index (χ4v) is 2.99. The molecular formula is C16H31N3O3. The number of ether oxygens (including phenoxy) is 2. The molecular weight excluding hydrogens is 282 g/mol. The quantitative estimate of drug-likeness (QED) is 0.433.